The fourth-order valence-corrected chi connectivity index (χ4v) is 3.76. The van der Waals surface area contributed by atoms with E-state index in [1.165, 1.54) is 7.11 Å². The molecular formula is C19H20N4O4S. The molecule has 0 aliphatic rings. The number of esters is 1. The Kier molecular flexibility index (Phi) is 6.17. The number of benzene rings is 1. The second kappa shape index (κ2) is 8.77. The zero-order valence-corrected chi connectivity index (χ0v) is 16.6. The van der Waals surface area contributed by atoms with Crippen LogP contribution in [0.15, 0.2) is 30.3 Å². The van der Waals surface area contributed by atoms with Crippen molar-refractivity contribution >= 4 is 39.2 Å². The van der Waals surface area contributed by atoms with Crippen molar-refractivity contribution in [2.45, 2.75) is 6.92 Å². The summed E-state index contributed by atoms with van der Waals surface area (Å²) in [5, 5.41) is 6.01. The van der Waals surface area contributed by atoms with Gasteiger partial charge in [0, 0.05) is 19.2 Å². The first-order chi connectivity index (χ1) is 13.5. The van der Waals surface area contributed by atoms with Crippen molar-refractivity contribution in [2.24, 2.45) is 0 Å². The van der Waals surface area contributed by atoms with Gasteiger partial charge in [-0.3, -0.25) is 0 Å². The fraction of sp³-hybridized carbons (Fsp3) is 0.263. The number of amides is 2. The van der Waals surface area contributed by atoms with E-state index in [0.29, 0.717) is 40.6 Å². The van der Waals surface area contributed by atoms with Gasteiger partial charge in [-0.1, -0.05) is 30.3 Å². The molecule has 0 atom stereocenters. The van der Waals surface area contributed by atoms with Crippen molar-refractivity contribution in [3.05, 3.63) is 40.9 Å². The van der Waals surface area contributed by atoms with Crippen molar-refractivity contribution in [2.75, 3.05) is 32.7 Å². The molecule has 0 fully saturated rings. The Hall–Kier alpha value is -3.04. The third-order valence-corrected chi connectivity index (χ3v) is 5.03. The highest BCUT2D eigenvalue weighted by Crippen LogP contribution is 2.37. The lowest BCUT2D eigenvalue weighted by Crippen LogP contribution is -2.31. The van der Waals surface area contributed by atoms with Gasteiger partial charge in [0.2, 0.25) is 0 Å². The Morgan fingerprint density at radius 1 is 1.14 bits per heavy atom. The number of methoxy groups -OCH3 is 2. The number of thiophene rings is 1. The number of aromatic nitrogens is 2. The number of hydrogen-bond acceptors (Lipinski definition) is 7. The van der Waals surface area contributed by atoms with Crippen molar-refractivity contribution in [3.8, 4) is 11.4 Å². The molecule has 8 nitrogen and oxygen atoms in total. The summed E-state index contributed by atoms with van der Waals surface area (Å²) in [7, 11) is 2.84. The largest absolute Gasteiger partial charge is 0.465 e. The molecule has 3 aromatic rings. The molecule has 1 aromatic carbocycles. The predicted molar refractivity (Wildman–Crippen MR) is 108 cm³/mol. The summed E-state index contributed by atoms with van der Waals surface area (Å²) in [6.45, 7) is 2.54. The average molecular weight is 400 g/mol. The highest BCUT2D eigenvalue weighted by atomic mass is 32.1. The maximum atomic E-state index is 12.3. The first-order valence-electron chi connectivity index (χ1n) is 8.53. The minimum Gasteiger partial charge on any atom is -0.465 e. The van der Waals surface area contributed by atoms with Gasteiger partial charge in [0.1, 0.15) is 9.71 Å². The molecule has 0 spiro atoms. The Labute approximate surface area is 165 Å². The van der Waals surface area contributed by atoms with E-state index in [-0.39, 0.29) is 4.88 Å². The van der Waals surface area contributed by atoms with Gasteiger partial charge in [-0.15, -0.1) is 11.3 Å². The third kappa shape index (κ3) is 4.10. The molecule has 9 heteroatoms. The van der Waals surface area contributed by atoms with Crippen LogP contribution in [0.5, 0.6) is 0 Å². The summed E-state index contributed by atoms with van der Waals surface area (Å²) >= 11 is 1.16. The molecule has 2 amide bonds. The number of urea groups is 1. The van der Waals surface area contributed by atoms with Crippen molar-refractivity contribution in [1.29, 1.82) is 0 Å². The zero-order valence-electron chi connectivity index (χ0n) is 15.7. The maximum absolute atomic E-state index is 12.3. The number of nitrogens with zero attached hydrogens (tertiary/aromatic N) is 2. The summed E-state index contributed by atoms with van der Waals surface area (Å²) in [4.78, 5) is 34.5. The van der Waals surface area contributed by atoms with Gasteiger partial charge in [-0.25, -0.2) is 19.6 Å². The fourth-order valence-electron chi connectivity index (χ4n) is 2.67. The van der Waals surface area contributed by atoms with E-state index < -0.39 is 12.0 Å². The van der Waals surface area contributed by atoms with Crippen molar-refractivity contribution in [1.82, 2.24) is 15.3 Å². The normalized spacial score (nSPS) is 10.7. The van der Waals surface area contributed by atoms with Gasteiger partial charge in [0.15, 0.2) is 5.82 Å². The highest BCUT2D eigenvalue weighted by molar-refractivity contribution is 7.21. The lowest BCUT2D eigenvalue weighted by atomic mass is 10.2. The van der Waals surface area contributed by atoms with E-state index in [2.05, 4.69) is 20.6 Å². The maximum Gasteiger partial charge on any atom is 0.350 e. The number of hydrogen-bond donors (Lipinski definition) is 2. The molecule has 0 radical (unpaired) electrons. The number of ether oxygens (including phenoxy) is 2. The Balaban J connectivity index is 2.05. The molecule has 0 unspecified atom stereocenters. The molecule has 146 valence electrons. The second-order valence-corrected chi connectivity index (χ2v) is 6.85. The van der Waals surface area contributed by atoms with E-state index in [9.17, 15) is 9.59 Å². The monoisotopic (exact) mass is 400 g/mol. The topological polar surface area (TPSA) is 102 Å². The first kappa shape index (κ1) is 19.7. The van der Waals surface area contributed by atoms with Crippen LogP contribution in [0.1, 0.15) is 15.4 Å². The predicted octanol–water partition coefficient (Wildman–Crippen LogP) is 3.22. The third-order valence-electron chi connectivity index (χ3n) is 3.97. The number of anilines is 1. The number of carbonyl (C=O) groups is 2. The molecule has 0 aliphatic heterocycles. The Morgan fingerprint density at radius 2 is 1.89 bits per heavy atom. The highest BCUT2D eigenvalue weighted by Gasteiger charge is 2.24. The smallest absolute Gasteiger partial charge is 0.350 e. The Bertz CT molecular complexity index is 1000. The number of carbonyl (C=O) groups excluding carboxylic acids is 2. The molecule has 28 heavy (non-hydrogen) atoms. The Morgan fingerprint density at radius 3 is 2.57 bits per heavy atom. The van der Waals surface area contributed by atoms with Gasteiger partial charge in [0.05, 0.1) is 30.5 Å². The second-order valence-electron chi connectivity index (χ2n) is 5.85. The molecule has 0 aliphatic carbocycles. The zero-order chi connectivity index (χ0) is 20.1. The lowest BCUT2D eigenvalue weighted by molar-refractivity contribution is 0.0607. The van der Waals surface area contributed by atoms with Crippen LogP contribution >= 0.6 is 11.3 Å². The number of fused-ring (bicyclic) bond motifs is 1. The van der Waals surface area contributed by atoms with Gasteiger partial charge in [-0.05, 0) is 6.92 Å². The van der Waals surface area contributed by atoms with Crippen LogP contribution < -0.4 is 10.6 Å². The molecule has 0 saturated heterocycles. The van der Waals surface area contributed by atoms with Gasteiger partial charge >= 0.3 is 12.0 Å². The molecule has 3 rings (SSSR count). The molecule has 0 saturated carbocycles. The quantitative estimate of drug-likeness (QED) is 0.487. The molecule has 0 bridgehead atoms. The minimum absolute atomic E-state index is 0.266. The minimum atomic E-state index is -0.546. The van der Waals surface area contributed by atoms with Crippen LogP contribution in [0.25, 0.3) is 21.6 Å². The van der Waals surface area contributed by atoms with Crippen LogP contribution in [-0.2, 0) is 9.47 Å². The SMILES string of the molecule is COCCNC(=O)Nc1c(C(=O)OC)sc2nc(-c3ccccc3)nc(C)c12. The standard InChI is InChI=1S/C19H20N4O4S/c1-11-13-14(22-19(25)20-9-10-26-2)15(18(24)27-3)28-17(13)23-16(21-11)12-7-5-4-6-8-12/h4-8H,9-10H2,1-3H3,(H2,20,22,25). The molecular weight excluding hydrogens is 380 g/mol. The summed E-state index contributed by atoms with van der Waals surface area (Å²) in [5.74, 6) is 0.00946. The van der Waals surface area contributed by atoms with E-state index in [4.69, 9.17) is 9.47 Å². The van der Waals surface area contributed by atoms with E-state index in [1.54, 1.807) is 7.11 Å². The summed E-state index contributed by atoms with van der Waals surface area (Å²) in [6, 6.07) is 9.11. The van der Waals surface area contributed by atoms with Crippen LogP contribution in [0.2, 0.25) is 0 Å². The van der Waals surface area contributed by atoms with Crippen molar-refractivity contribution < 1.29 is 19.1 Å². The average Bonchev–Trinajstić information content (AvgIpc) is 3.07. The first-order valence-corrected chi connectivity index (χ1v) is 9.35. The molecule has 2 N–H and O–H groups in total. The van der Waals surface area contributed by atoms with Gasteiger partial charge in [0.25, 0.3) is 0 Å². The van der Waals surface area contributed by atoms with E-state index in [1.807, 2.05) is 37.3 Å². The number of nitrogens with one attached hydrogen (secondary N) is 2. The van der Waals surface area contributed by atoms with E-state index >= 15 is 0 Å². The lowest BCUT2D eigenvalue weighted by Gasteiger charge is -2.09. The number of rotatable bonds is 6. The van der Waals surface area contributed by atoms with Crippen molar-refractivity contribution in [3.63, 3.8) is 0 Å². The van der Waals surface area contributed by atoms with Crippen LogP contribution in [0.3, 0.4) is 0 Å². The van der Waals surface area contributed by atoms with Crippen LogP contribution in [0.4, 0.5) is 10.5 Å². The molecule has 2 heterocycles. The summed E-state index contributed by atoms with van der Waals surface area (Å²) < 4.78 is 9.79. The summed E-state index contributed by atoms with van der Waals surface area (Å²) in [5.41, 5.74) is 1.87. The van der Waals surface area contributed by atoms with E-state index in [0.717, 1.165) is 16.9 Å². The van der Waals surface area contributed by atoms with Gasteiger partial charge < -0.3 is 20.1 Å². The number of aryl methyl sites for hydroxylation is 1. The van der Waals surface area contributed by atoms with Crippen LogP contribution in [-0.4, -0.2) is 49.3 Å². The molecule has 2 aromatic heterocycles. The summed E-state index contributed by atoms with van der Waals surface area (Å²) in [6.07, 6.45) is 0. The van der Waals surface area contributed by atoms with Gasteiger partial charge in [-0.2, -0.15) is 0 Å². The van der Waals surface area contributed by atoms with Crippen LogP contribution in [0, 0.1) is 6.92 Å².